The van der Waals surface area contributed by atoms with Crippen LogP contribution in [0.15, 0.2) is 42.5 Å². The Morgan fingerprint density at radius 1 is 1.14 bits per heavy atom. The first-order chi connectivity index (χ1) is 10.1. The van der Waals surface area contributed by atoms with E-state index in [4.69, 9.17) is 4.74 Å². The van der Waals surface area contributed by atoms with Crippen LogP contribution in [0.5, 0.6) is 5.75 Å². The van der Waals surface area contributed by atoms with E-state index < -0.39 is 0 Å². The molecule has 21 heavy (non-hydrogen) atoms. The third kappa shape index (κ3) is 4.05. The second-order valence-electron chi connectivity index (χ2n) is 5.26. The topological polar surface area (TPSA) is 21.3 Å². The lowest BCUT2D eigenvalue weighted by atomic mass is 9.98. The lowest BCUT2D eigenvalue weighted by Gasteiger charge is -2.17. The molecule has 1 N–H and O–H groups in total. The number of hydrogen-bond donors (Lipinski definition) is 1. The Labute approximate surface area is 126 Å². The second-order valence-corrected chi connectivity index (χ2v) is 5.26. The van der Waals surface area contributed by atoms with Gasteiger partial charge in [-0.05, 0) is 50.1 Å². The number of nitrogens with one attached hydrogen (secondary N) is 1. The quantitative estimate of drug-likeness (QED) is 0.866. The van der Waals surface area contributed by atoms with Crippen molar-refractivity contribution in [3.05, 3.63) is 65.0 Å². The summed E-state index contributed by atoms with van der Waals surface area (Å²) in [4.78, 5) is 0. The Hall–Kier alpha value is -1.87. The molecule has 0 aromatic heterocycles. The van der Waals surface area contributed by atoms with Gasteiger partial charge < -0.3 is 10.1 Å². The van der Waals surface area contributed by atoms with Crippen LogP contribution < -0.4 is 10.1 Å². The van der Waals surface area contributed by atoms with Crippen molar-refractivity contribution < 1.29 is 9.13 Å². The van der Waals surface area contributed by atoms with Crippen molar-refractivity contribution >= 4 is 0 Å². The van der Waals surface area contributed by atoms with Crippen molar-refractivity contribution in [3.8, 4) is 5.75 Å². The van der Waals surface area contributed by atoms with Gasteiger partial charge in [-0.25, -0.2) is 4.39 Å². The van der Waals surface area contributed by atoms with Crippen LogP contribution >= 0.6 is 0 Å². The van der Waals surface area contributed by atoms with Crippen LogP contribution in [0.2, 0.25) is 0 Å². The van der Waals surface area contributed by atoms with Gasteiger partial charge in [-0.15, -0.1) is 0 Å². The van der Waals surface area contributed by atoms with Gasteiger partial charge in [0.2, 0.25) is 0 Å². The van der Waals surface area contributed by atoms with Gasteiger partial charge in [-0.3, -0.25) is 0 Å². The highest BCUT2D eigenvalue weighted by Gasteiger charge is 2.12. The van der Waals surface area contributed by atoms with Gasteiger partial charge in [-0.1, -0.05) is 35.9 Å². The molecule has 0 aliphatic carbocycles. The Kier molecular flexibility index (Phi) is 5.34. The molecule has 1 unspecified atom stereocenters. The van der Waals surface area contributed by atoms with E-state index >= 15 is 0 Å². The summed E-state index contributed by atoms with van der Waals surface area (Å²) >= 11 is 0. The monoisotopic (exact) mass is 287 g/mol. The molecule has 0 bridgehead atoms. The summed E-state index contributed by atoms with van der Waals surface area (Å²) in [5.74, 6) is -0.0299. The van der Waals surface area contributed by atoms with Crippen LogP contribution in [0.4, 0.5) is 4.39 Å². The van der Waals surface area contributed by atoms with Crippen molar-refractivity contribution in [2.75, 3.05) is 14.2 Å². The van der Waals surface area contributed by atoms with Gasteiger partial charge in [0.1, 0.15) is 0 Å². The molecule has 0 radical (unpaired) electrons. The molecule has 0 amide bonds. The zero-order chi connectivity index (χ0) is 15.2. The van der Waals surface area contributed by atoms with E-state index in [1.54, 1.807) is 12.1 Å². The largest absolute Gasteiger partial charge is 0.494 e. The van der Waals surface area contributed by atoms with Crippen LogP contribution in [-0.4, -0.2) is 14.2 Å². The maximum Gasteiger partial charge on any atom is 0.165 e. The predicted octanol–water partition coefficient (Wildman–Crippen LogP) is 4.04. The minimum Gasteiger partial charge on any atom is -0.494 e. The fraction of sp³-hybridized carbons (Fsp3) is 0.333. The summed E-state index contributed by atoms with van der Waals surface area (Å²) in [5.41, 5.74) is 3.51. The average molecular weight is 287 g/mol. The summed E-state index contributed by atoms with van der Waals surface area (Å²) in [7, 11) is 3.38. The third-order valence-electron chi connectivity index (χ3n) is 3.77. The Balaban J connectivity index is 2.05. The second kappa shape index (κ2) is 7.23. The first kappa shape index (κ1) is 15.5. The van der Waals surface area contributed by atoms with E-state index in [2.05, 4.69) is 36.5 Å². The van der Waals surface area contributed by atoms with Gasteiger partial charge in [0, 0.05) is 6.04 Å². The Morgan fingerprint density at radius 3 is 2.43 bits per heavy atom. The molecule has 0 saturated heterocycles. The molecule has 2 rings (SSSR count). The van der Waals surface area contributed by atoms with E-state index in [9.17, 15) is 4.39 Å². The maximum absolute atomic E-state index is 13.8. The van der Waals surface area contributed by atoms with E-state index in [1.807, 2.05) is 13.1 Å². The van der Waals surface area contributed by atoms with Crippen LogP contribution in [0.1, 0.15) is 29.2 Å². The Morgan fingerprint density at radius 2 is 1.86 bits per heavy atom. The SMILES string of the molecule is CNC(CCc1ccc(C)cc1)c1ccc(OC)c(F)c1. The van der Waals surface area contributed by atoms with Crippen LogP contribution in [0.3, 0.4) is 0 Å². The summed E-state index contributed by atoms with van der Waals surface area (Å²) in [5, 5.41) is 3.26. The highest BCUT2D eigenvalue weighted by atomic mass is 19.1. The summed E-state index contributed by atoms with van der Waals surface area (Å²) in [6.07, 6.45) is 1.88. The number of ether oxygens (including phenoxy) is 1. The molecular formula is C18H22FNO. The summed E-state index contributed by atoms with van der Waals surface area (Å²) in [6, 6.07) is 13.8. The Bertz CT molecular complexity index is 580. The van der Waals surface area contributed by atoms with Crippen LogP contribution in [-0.2, 0) is 6.42 Å². The lowest BCUT2D eigenvalue weighted by Crippen LogP contribution is -2.17. The predicted molar refractivity (Wildman–Crippen MR) is 84.3 cm³/mol. The fourth-order valence-corrected chi connectivity index (χ4v) is 2.44. The summed E-state index contributed by atoms with van der Waals surface area (Å²) in [6.45, 7) is 2.08. The zero-order valence-corrected chi connectivity index (χ0v) is 12.8. The van der Waals surface area contributed by atoms with Crippen LogP contribution in [0, 0.1) is 12.7 Å². The van der Waals surface area contributed by atoms with Crippen molar-refractivity contribution in [2.24, 2.45) is 0 Å². The molecule has 0 aliphatic rings. The lowest BCUT2D eigenvalue weighted by molar-refractivity contribution is 0.385. The molecule has 0 fully saturated rings. The molecule has 1 atom stereocenters. The highest BCUT2D eigenvalue weighted by molar-refractivity contribution is 5.31. The fourth-order valence-electron chi connectivity index (χ4n) is 2.44. The number of benzene rings is 2. The van der Waals surface area contributed by atoms with Gasteiger partial charge in [0.05, 0.1) is 7.11 Å². The third-order valence-corrected chi connectivity index (χ3v) is 3.77. The first-order valence-corrected chi connectivity index (χ1v) is 7.20. The molecule has 2 aromatic carbocycles. The maximum atomic E-state index is 13.8. The number of rotatable bonds is 6. The minimum absolute atomic E-state index is 0.131. The highest BCUT2D eigenvalue weighted by Crippen LogP contribution is 2.24. The van der Waals surface area contributed by atoms with Gasteiger partial charge in [0.25, 0.3) is 0 Å². The van der Waals surface area contributed by atoms with Crippen molar-refractivity contribution in [1.29, 1.82) is 0 Å². The van der Waals surface area contributed by atoms with Crippen molar-refractivity contribution in [3.63, 3.8) is 0 Å². The number of halogens is 1. The molecule has 0 aliphatic heterocycles. The number of hydrogen-bond acceptors (Lipinski definition) is 2. The van der Waals surface area contributed by atoms with Gasteiger partial charge in [0.15, 0.2) is 11.6 Å². The van der Waals surface area contributed by atoms with Gasteiger partial charge in [-0.2, -0.15) is 0 Å². The molecule has 0 spiro atoms. The van der Waals surface area contributed by atoms with E-state index in [0.717, 1.165) is 18.4 Å². The zero-order valence-electron chi connectivity index (χ0n) is 12.8. The molecule has 0 heterocycles. The molecule has 2 nitrogen and oxygen atoms in total. The average Bonchev–Trinajstić information content (AvgIpc) is 2.50. The van der Waals surface area contributed by atoms with Crippen molar-refractivity contribution in [2.45, 2.75) is 25.8 Å². The number of aryl methyl sites for hydroxylation is 2. The molecule has 112 valence electrons. The molecular weight excluding hydrogens is 265 g/mol. The van der Waals surface area contributed by atoms with E-state index in [1.165, 1.54) is 18.2 Å². The van der Waals surface area contributed by atoms with Crippen LogP contribution in [0.25, 0.3) is 0 Å². The minimum atomic E-state index is -0.314. The summed E-state index contributed by atoms with van der Waals surface area (Å²) < 4.78 is 18.8. The number of methoxy groups -OCH3 is 1. The normalized spacial score (nSPS) is 12.2. The van der Waals surface area contributed by atoms with E-state index in [-0.39, 0.29) is 17.6 Å². The van der Waals surface area contributed by atoms with Gasteiger partial charge >= 0.3 is 0 Å². The molecule has 2 aromatic rings. The first-order valence-electron chi connectivity index (χ1n) is 7.20. The van der Waals surface area contributed by atoms with E-state index in [0.29, 0.717) is 0 Å². The van der Waals surface area contributed by atoms with Crippen molar-refractivity contribution in [1.82, 2.24) is 5.32 Å². The smallest absolute Gasteiger partial charge is 0.165 e. The molecule has 3 heteroatoms. The molecule has 0 saturated carbocycles. The standard InChI is InChI=1S/C18H22FNO/c1-13-4-6-14(7-5-13)8-10-17(20-2)15-9-11-18(21-3)16(19)12-15/h4-7,9,11-12,17,20H,8,10H2,1-3H3.